The molecular weight excluding hydrogens is 204 g/mol. The molecule has 11 heavy (non-hydrogen) atoms. The second-order valence-corrected chi connectivity index (χ2v) is 3.38. The van der Waals surface area contributed by atoms with Gasteiger partial charge in [-0.15, -0.1) is 0 Å². The molecule has 0 bridgehead atoms. The molecule has 0 aliphatic carbocycles. The van der Waals surface area contributed by atoms with Gasteiger partial charge in [-0.05, 0) is 34.8 Å². The summed E-state index contributed by atoms with van der Waals surface area (Å²) in [4.78, 5) is 0. The molecule has 0 aromatic carbocycles. The SMILES string of the molecule is CCC(CC)n1nccc1Br. The Morgan fingerprint density at radius 3 is 2.55 bits per heavy atom. The summed E-state index contributed by atoms with van der Waals surface area (Å²) < 4.78 is 3.10. The second-order valence-electron chi connectivity index (χ2n) is 2.57. The number of aromatic nitrogens is 2. The average molecular weight is 217 g/mol. The normalized spacial score (nSPS) is 10.9. The van der Waals surface area contributed by atoms with E-state index in [0.717, 1.165) is 17.4 Å². The van der Waals surface area contributed by atoms with Crippen molar-refractivity contribution >= 4 is 15.9 Å². The van der Waals surface area contributed by atoms with Gasteiger partial charge >= 0.3 is 0 Å². The predicted molar refractivity (Wildman–Crippen MR) is 49.5 cm³/mol. The Morgan fingerprint density at radius 1 is 1.55 bits per heavy atom. The molecule has 0 N–H and O–H groups in total. The molecule has 0 amide bonds. The fraction of sp³-hybridized carbons (Fsp3) is 0.625. The minimum Gasteiger partial charge on any atom is -0.255 e. The van der Waals surface area contributed by atoms with E-state index in [1.807, 2.05) is 16.9 Å². The van der Waals surface area contributed by atoms with Crippen LogP contribution in [0.1, 0.15) is 32.7 Å². The van der Waals surface area contributed by atoms with Gasteiger partial charge in [0.1, 0.15) is 4.60 Å². The molecule has 0 spiro atoms. The summed E-state index contributed by atoms with van der Waals surface area (Å²) in [5, 5.41) is 4.23. The molecule has 0 saturated heterocycles. The molecule has 0 radical (unpaired) electrons. The smallest absolute Gasteiger partial charge is 0.104 e. The van der Waals surface area contributed by atoms with Gasteiger partial charge in [-0.25, -0.2) is 0 Å². The van der Waals surface area contributed by atoms with Crippen LogP contribution >= 0.6 is 15.9 Å². The lowest BCUT2D eigenvalue weighted by Gasteiger charge is -2.13. The maximum Gasteiger partial charge on any atom is 0.104 e. The molecule has 1 aromatic heterocycles. The molecule has 0 aliphatic heterocycles. The molecule has 0 fully saturated rings. The molecule has 0 unspecified atom stereocenters. The van der Waals surface area contributed by atoms with E-state index in [4.69, 9.17) is 0 Å². The number of hydrogen-bond acceptors (Lipinski definition) is 1. The summed E-state index contributed by atoms with van der Waals surface area (Å²) in [6, 6.07) is 2.51. The first-order chi connectivity index (χ1) is 5.29. The number of rotatable bonds is 3. The van der Waals surface area contributed by atoms with Gasteiger partial charge in [0.25, 0.3) is 0 Å². The van der Waals surface area contributed by atoms with Crippen LogP contribution in [0.15, 0.2) is 16.9 Å². The summed E-state index contributed by atoms with van der Waals surface area (Å²) in [6.07, 6.45) is 4.09. The van der Waals surface area contributed by atoms with Gasteiger partial charge in [0.15, 0.2) is 0 Å². The maximum absolute atomic E-state index is 4.23. The third-order valence-electron chi connectivity index (χ3n) is 1.91. The lowest BCUT2D eigenvalue weighted by atomic mass is 10.2. The van der Waals surface area contributed by atoms with Gasteiger partial charge in [0.2, 0.25) is 0 Å². The number of hydrogen-bond donors (Lipinski definition) is 0. The van der Waals surface area contributed by atoms with Crippen LogP contribution in [0.25, 0.3) is 0 Å². The summed E-state index contributed by atoms with van der Waals surface area (Å²) >= 11 is 3.45. The van der Waals surface area contributed by atoms with Gasteiger partial charge in [-0.1, -0.05) is 13.8 Å². The van der Waals surface area contributed by atoms with Crippen molar-refractivity contribution in [2.75, 3.05) is 0 Å². The fourth-order valence-electron chi connectivity index (χ4n) is 1.20. The van der Waals surface area contributed by atoms with Gasteiger partial charge in [-0.2, -0.15) is 5.10 Å². The topological polar surface area (TPSA) is 17.8 Å². The van der Waals surface area contributed by atoms with Gasteiger partial charge in [0, 0.05) is 0 Å². The summed E-state index contributed by atoms with van der Waals surface area (Å²) in [7, 11) is 0. The van der Waals surface area contributed by atoms with Crippen molar-refractivity contribution in [3.05, 3.63) is 16.9 Å². The monoisotopic (exact) mass is 216 g/mol. The molecule has 1 aromatic rings. The minimum absolute atomic E-state index is 0.541. The lowest BCUT2D eigenvalue weighted by Crippen LogP contribution is -2.08. The van der Waals surface area contributed by atoms with Gasteiger partial charge in [0.05, 0.1) is 12.2 Å². The van der Waals surface area contributed by atoms with E-state index < -0.39 is 0 Å². The van der Waals surface area contributed by atoms with Crippen LogP contribution in [-0.4, -0.2) is 9.78 Å². The van der Waals surface area contributed by atoms with Crippen LogP contribution in [0, 0.1) is 0 Å². The van der Waals surface area contributed by atoms with Gasteiger partial charge in [-0.3, -0.25) is 4.68 Å². The van der Waals surface area contributed by atoms with Crippen LogP contribution in [0.4, 0.5) is 0 Å². The first-order valence-electron chi connectivity index (χ1n) is 3.98. The standard InChI is InChI=1S/C8H13BrN2/c1-3-7(4-2)11-8(9)5-6-10-11/h5-7H,3-4H2,1-2H3. The molecule has 0 aliphatic rings. The Morgan fingerprint density at radius 2 is 2.18 bits per heavy atom. The quantitative estimate of drug-likeness (QED) is 0.760. The van der Waals surface area contributed by atoms with Crippen molar-refractivity contribution in [1.82, 2.24) is 9.78 Å². The highest BCUT2D eigenvalue weighted by Crippen LogP contribution is 2.19. The molecule has 1 rings (SSSR count). The van der Waals surface area contributed by atoms with Crippen molar-refractivity contribution in [1.29, 1.82) is 0 Å². The second kappa shape index (κ2) is 3.90. The van der Waals surface area contributed by atoms with Crippen LogP contribution in [0.2, 0.25) is 0 Å². The highest BCUT2D eigenvalue weighted by Gasteiger charge is 2.08. The zero-order chi connectivity index (χ0) is 8.27. The third kappa shape index (κ3) is 1.83. The average Bonchev–Trinajstić information content (AvgIpc) is 2.40. The van der Waals surface area contributed by atoms with Crippen molar-refractivity contribution in [2.24, 2.45) is 0 Å². The zero-order valence-corrected chi connectivity index (χ0v) is 8.50. The molecule has 62 valence electrons. The van der Waals surface area contributed by atoms with Crippen molar-refractivity contribution in [3.8, 4) is 0 Å². The van der Waals surface area contributed by atoms with Crippen LogP contribution in [-0.2, 0) is 0 Å². The van der Waals surface area contributed by atoms with Crippen molar-refractivity contribution in [3.63, 3.8) is 0 Å². The Bertz CT molecular complexity index is 216. The molecule has 3 heteroatoms. The molecular formula is C8H13BrN2. The fourth-order valence-corrected chi connectivity index (χ4v) is 1.70. The van der Waals surface area contributed by atoms with E-state index in [1.54, 1.807) is 0 Å². The molecule has 0 atom stereocenters. The van der Waals surface area contributed by atoms with Crippen molar-refractivity contribution in [2.45, 2.75) is 32.7 Å². The number of halogens is 1. The third-order valence-corrected chi connectivity index (χ3v) is 2.54. The largest absolute Gasteiger partial charge is 0.255 e. The predicted octanol–water partition coefficient (Wildman–Crippen LogP) is 3.01. The molecule has 1 heterocycles. The van der Waals surface area contributed by atoms with Crippen LogP contribution < -0.4 is 0 Å². The Balaban J connectivity index is 2.81. The first kappa shape index (κ1) is 8.78. The summed E-state index contributed by atoms with van der Waals surface area (Å²) in [5.41, 5.74) is 0. The Kier molecular flexibility index (Phi) is 3.12. The Labute approximate surface area is 75.7 Å². The maximum atomic E-state index is 4.23. The lowest BCUT2D eigenvalue weighted by molar-refractivity contribution is 0.421. The van der Waals surface area contributed by atoms with Crippen LogP contribution in [0.5, 0.6) is 0 Å². The van der Waals surface area contributed by atoms with E-state index in [-0.39, 0.29) is 0 Å². The first-order valence-corrected chi connectivity index (χ1v) is 4.77. The molecule has 2 nitrogen and oxygen atoms in total. The van der Waals surface area contributed by atoms with E-state index in [1.165, 1.54) is 0 Å². The summed E-state index contributed by atoms with van der Waals surface area (Å²) in [6.45, 7) is 4.37. The van der Waals surface area contributed by atoms with E-state index in [0.29, 0.717) is 6.04 Å². The molecule has 0 saturated carbocycles. The van der Waals surface area contributed by atoms with Crippen molar-refractivity contribution < 1.29 is 0 Å². The highest BCUT2D eigenvalue weighted by molar-refractivity contribution is 9.10. The van der Waals surface area contributed by atoms with Crippen LogP contribution in [0.3, 0.4) is 0 Å². The van der Waals surface area contributed by atoms with E-state index in [2.05, 4.69) is 34.9 Å². The summed E-state index contributed by atoms with van der Waals surface area (Å²) in [5.74, 6) is 0. The number of nitrogens with zero attached hydrogens (tertiary/aromatic N) is 2. The van der Waals surface area contributed by atoms with Gasteiger partial charge < -0.3 is 0 Å². The Hall–Kier alpha value is -0.310. The van der Waals surface area contributed by atoms with E-state index in [9.17, 15) is 0 Å². The zero-order valence-electron chi connectivity index (χ0n) is 6.92. The highest BCUT2D eigenvalue weighted by atomic mass is 79.9. The minimum atomic E-state index is 0.541. The van der Waals surface area contributed by atoms with E-state index >= 15 is 0 Å².